The van der Waals surface area contributed by atoms with Gasteiger partial charge >= 0.3 is 0 Å². The number of benzene rings is 6. The van der Waals surface area contributed by atoms with Gasteiger partial charge in [0.2, 0.25) is 0 Å². The number of hydrogen-bond donors (Lipinski definition) is 6. The largest absolute Gasteiger partial charge is 0.388 e. The Morgan fingerprint density at radius 1 is 0.303 bits per heavy atom. The van der Waals surface area contributed by atoms with Gasteiger partial charge in [0, 0.05) is 0 Å². The number of aliphatic hydroxyl groups is 6. The summed E-state index contributed by atoms with van der Waals surface area (Å²) < 4.78 is 0. The van der Waals surface area contributed by atoms with E-state index in [2.05, 4.69) is 13.8 Å². The Kier molecular flexibility index (Phi) is 18.5. The van der Waals surface area contributed by atoms with Crippen molar-refractivity contribution in [1.29, 1.82) is 0 Å². The molecule has 0 aromatic heterocycles. The summed E-state index contributed by atoms with van der Waals surface area (Å²) in [4.78, 5) is 0. The fourth-order valence-corrected chi connectivity index (χ4v) is 10.7. The predicted octanol–water partition coefficient (Wildman–Crippen LogP) is 11.5. The normalized spacial score (nSPS) is 15.8. The Hall–Kier alpha value is -4.92. The molecule has 6 atom stereocenters. The van der Waals surface area contributed by atoms with Crippen LogP contribution in [0, 0.1) is 0 Å². The van der Waals surface area contributed by atoms with Crippen LogP contribution in [0.3, 0.4) is 0 Å². The van der Waals surface area contributed by atoms with Gasteiger partial charge in [-0.15, -0.1) is 0 Å². The summed E-state index contributed by atoms with van der Waals surface area (Å²) in [7, 11) is 0. The standard InChI is InChI=1S/C60H74O6/c1-3-5-7-9-11-31-45-57(65,55(63)59(47-33-19-13-20-34-47,48-35-21-14-22-36-48)49-37-23-15-24-38-49)53(61)54(62)58(66,46-32-12-10-8-6-4-2)56(64)60(50-39-25-16-26-40-50,51-41-27-17-28-42-51)52-43-29-18-30-44-52/h13-30,33-44,53-56,61-66H,3-12,31-32,45-46H2,1-2H3/t53-,54-,55?,56?,57-,58-/m0/s1. The highest BCUT2D eigenvalue weighted by Crippen LogP contribution is 2.51. The van der Waals surface area contributed by atoms with Gasteiger partial charge in [-0.3, -0.25) is 0 Å². The molecule has 0 saturated carbocycles. The van der Waals surface area contributed by atoms with E-state index in [0.717, 1.165) is 64.2 Å². The van der Waals surface area contributed by atoms with Crippen LogP contribution in [0.5, 0.6) is 0 Å². The lowest BCUT2D eigenvalue weighted by atomic mass is 9.57. The van der Waals surface area contributed by atoms with Gasteiger partial charge in [-0.05, 0) is 46.2 Å². The molecule has 0 spiro atoms. The molecule has 0 heterocycles. The Bertz CT molecular complexity index is 1880. The van der Waals surface area contributed by atoms with Crippen molar-refractivity contribution in [2.75, 3.05) is 0 Å². The van der Waals surface area contributed by atoms with Crippen LogP contribution >= 0.6 is 0 Å². The van der Waals surface area contributed by atoms with Crippen LogP contribution in [0.2, 0.25) is 0 Å². The van der Waals surface area contributed by atoms with Crippen LogP contribution in [0.25, 0.3) is 0 Å². The third-order valence-electron chi connectivity index (χ3n) is 14.3. The molecule has 6 rings (SSSR count). The minimum absolute atomic E-state index is 0.100. The molecule has 0 bridgehead atoms. The Balaban J connectivity index is 1.58. The van der Waals surface area contributed by atoms with E-state index in [9.17, 15) is 30.6 Å². The monoisotopic (exact) mass is 891 g/mol. The maximum atomic E-state index is 13.8. The summed E-state index contributed by atoms with van der Waals surface area (Å²) in [5, 5.41) is 81.3. The van der Waals surface area contributed by atoms with Crippen molar-refractivity contribution < 1.29 is 30.6 Å². The second-order valence-electron chi connectivity index (χ2n) is 18.5. The molecule has 6 N–H and O–H groups in total. The maximum absolute atomic E-state index is 13.8. The smallest absolute Gasteiger partial charge is 0.120 e. The molecule has 6 aromatic rings. The van der Waals surface area contributed by atoms with Crippen molar-refractivity contribution in [2.45, 2.75) is 150 Å². The third kappa shape index (κ3) is 10.6. The highest BCUT2D eigenvalue weighted by atomic mass is 16.4. The summed E-state index contributed by atoms with van der Waals surface area (Å²) in [6, 6.07) is 57.2. The minimum Gasteiger partial charge on any atom is -0.388 e. The van der Waals surface area contributed by atoms with Crippen LogP contribution < -0.4 is 0 Å². The van der Waals surface area contributed by atoms with E-state index in [1.165, 1.54) is 0 Å². The van der Waals surface area contributed by atoms with E-state index in [0.29, 0.717) is 46.2 Å². The molecule has 2 unspecified atom stereocenters. The SMILES string of the molecule is CCCCCCCC[C@@](O)(C(O)C(c1ccccc1)(c1ccccc1)c1ccccc1)[C@@H](O)[C@H](O)[C@@](O)(CCCCCCCC)C(O)C(c1ccccc1)(c1ccccc1)c1ccccc1. The highest BCUT2D eigenvalue weighted by Gasteiger charge is 2.62. The lowest BCUT2D eigenvalue weighted by Gasteiger charge is -2.53. The number of rotatable bonds is 27. The van der Waals surface area contributed by atoms with E-state index in [1.54, 1.807) is 0 Å². The van der Waals surface area contributed by atoms with Gasteiger partial charge in [0.25, 0.3) is 0 Å². The van der Waals surface area contributed by atoms with E-state index in [4.69, 9.17) is 0 Å². The van der Waals surface area contributed by atoms with Crippen LogP contribution in [0.1, 0.15) is 137 Å². The van der Waals surface area contributed by atoms with Crippen molar-refractivity contribution in [3.05, 3.63) is 215 Å². The van der Waals surface area contributed by atoms with E-state index < -0.39 is 46.4 Å². The molecule has 6 aromatic carbocycles. The van der Waals surface area contributed by atoms with Crippen molar-refractivity contribution in [2.24, 2.45) is 0 Å². The minimum atomic E-state index is -2.45. The molecular formula is C60H74O6. The molecule has 0 aliphatic heterocycles. The zero-order valence-electron chi connectivity index (χ0n) is 39.2. The van der Waals surface area contributed by atoms with Crippen molar-refractivity contribution in [1.82, 2.24) is 0 Å². The first-order valence-electron chi connectivity index (χ1n) is 24.6. The highest BCUT2D eigenvalue weighted by molar-refractivity contribution is 5.55. The summed E-state index contributed by atoms with van der Waals surface area (Å²) in [6.45, 7) is 4.32. The second-order valence-corrected chi connectivity index (χ2v) is 18.5. The average Bonchev–Trinajstić information content (AvgIpc) is 3.37. The van der Waals surface area contributed by atoms with E-state index >= 15 is 0 Å². The third-order valence-corrected chi connectivity index (χ3v) is 14.3. The first-order chi connectivity index (χ1) is 32.1. The van der Waals surface area contributed by atoms with Gasteiger partial charge in [-0.25, -0.2) is 0 Å². The molecule has 66 heavy (non-hydrogen) atoms. The molecule has 350 valence electrons. The van der Waals surface area contributed by atoms with Gasteiger partial charge in [-0.2, -0.15) is 0 Å². The molecule has 0 radical (unpaired) electrons. The van der Waals surface area contributed by atoms with E-state index in [-0.39, 0.29) is 12.8 Å². The van der Waals surface area contributed by atoms with Crippen LogP contribution in [0.15, 0.2) is 182 Å². The second kappa shape index (κ2) is 24.2. The van der Waals surface area contributed by atoms with Gasteiger partial charge in [0.05, 0.1) is 10.8 Å². The lowest BCUT2D eigenvalue weighted by Crippen LogP contribution is -2.70. The molecule has 0 aliphatic carbocycles. The van der Waals surface area contributed by atoms with E-state index in [1.807, 2.05) is 182 Å². The molecule has 0 aliphatic rings. The summed E-state index contributed by atoms with van der Waals surface area (Å²) in [5.41, 5.74) is -3.78. The van der Waals surface area contributed by atoms with Crippen molar-refractivity contribution in [3.8, 4) is 0 Å². The molecule has 0 saturated heterocycles. The molecule has 6 heteroatoms. The van der Waals surface area contributed by atoms with Crippen LogP contribution in [0.4, 0.5) is 0 Å². The predicted molar refractivity (Wildman–Crippen MR) is 268 cm³/mol. The fraction of sp³-hybridized carbons (Fsp3) is 0.400. The molecular weight excluding hydrogens is 817 g/mol. The van der Waals surface area contributed by atoms with Crippen molar-refractivity contribution in [3.63, 3.8) is 0 Å². The zero-order chi connectivity index (χ0) is 46.9. The van der Waals surface area contributed by atoms with Gasteiger partial charge in [-0.1, -0.05) is 273 Å². The van der Waals surface area contributed by atoms with Crippen molar-refractivity contribution >= 4 is 0 Å². The topological polar surface area (TPSA) is 121 Å². The number of hydrogen-bond acceptors (Lipinski definition) is 6. The molecule has 0 amide bonds. The first-order valence-corrected chi connectivity index (χ1v) is 24.6. The quantitative estimate of drug-likeness (QED) is 0.0226. The van der Waals surface area contributed by atoms with Crippen LogP contribution in [-0.2, 0) is 10.8 Å². The van der Waals surface area contributed by atoms with Gasteiger partial charge in [0.1, 0.15) is 35.6 Å². The Morgan fingerprint density at radius 3 is 0.712 bits per heavy atom. The fourth-order valence-electron chi connectivity index (χ4n) is 10.7. The van der Waals surface area contributed by atoms with Crippen LogP contribution in [-0.4, -0.2) is 66.3 Å². The lowest BCUT2D eigenvalue weighted by molar-refractivity contribution is -0.246. The number of unbranched alkanes of at least 4 members (excludes halogenated alkanes) is 10. The van der Waals surface area contributed by atoms with Gasteiger partial charge < -0.3 is 30.6 Å². The summed E-state index contributed by atoms with van der Waals surface area (Å²) in [5.74, 6) is 0. The molecule has 6 nitrogen and oxygen atoms in total. The maximum Gasteiger partial charge on any atom is 0.120 e. The Morgan fingerprint density at radius 2 is 0.500 bits per heavy atom. The molecule has 0 fully saturated rings. The average molecular weight is 891 g/mol. The van der Waals surface area contributed by atoms with Gasteiger partial charge in [0.15, 0.2) is 0 Å². The first kappa shape index (κ1) is 50.5. The summed E-state index contributed by atoms with van der Waals surface area (Å²) in [6.07, 6.45) is 2.31. The number of aliphatic hydroxyl groups excluding tert-OH is 4. The Labute approximate surface area is 394 Å². The summed E-state index contributed by atoms with van der Waals surface area (Å²) >= 11 is 0. The zero-order valence-corrected chi connectivity index (χ0v) is 39.2.